The second-order valence-corrected chi connectivity index (χ2v) is 7.07. The molecule has 28 heavy (non-hydrogen) atoms. The van der Waals surface area contributed by atoms with Crippen molar-refractivity contribution in [1.82, 2.24) is 5.32 Å². The molecule has 0 unspecified atom stereocenters. The predicted molar refractivity (Wildman–Crippen MR) is 99.4 cm³/mol. The molecule has 9 nitrogen and oxygen atoms in total. The van der Waals surface area contributed by atoms with Crippen LogP contribution in [0.2, 0.25) is 0 Å². The number of carbonyl (C=O) groups excluding carboxylic acids is 1. The maximum absolute atomic E-state index is 11.5. The average Bonchev–Trinajstić information content (AvgIpc) is 2.58. The monoisotopic (exact) mass is 397 g/mol. The molecule has 0 aliphatic carbocycles. The Balaban J connectivity index is 2.48. The lowest BCUT2D eigenvalue weighted by Gasteiger charge is -2.23. The maximum Gasteiger partial charge on any atom is 0.348 e. The molecule has 1 aromatic rings. The van der Waals surface area contributed by atoms with Crippen LogP contribution in [-0.2, 0) is 30.3 Å². The summed E-state index contributed by atoms with van der Waals surface area (Å²) in [6.45, 7) is 6.17. The third kappa shape index (κ3) is 7.16. The average molecular weight is 397 g/mol. The molecule has 0 aromatic heterocycles. The van der Waals surface area contributed by atoms with Crippen molar-refractivity contribution in [3.05, 3.63) is 29.8 Å². The number of methoxy groups -OCH3 is 1. The molecule has 0 heterocycles. The Morgan fingerprint density at radius 3 is 2.07 bits per heavy atom. The molecule has 0 atom stereocenters. The van der Waals surface area contributed by atoms with Crippen LogP contribution < -0.4 is 10.1 Å². The molecule has 0 bridgehead atoms. The Labute approximate surface area is 163 Å². The van der Waals surface area contributed by atoms with Crippen LogP contribution in [0.25, 0.3) is 0 Å². The van der Waals surface area contributed by atoms with Gasteiger partial charge in [0, 0.05) is 20.1 Å². The van der Waals surface area contributed by atoms with E-state index in [9.17, 15) is 24.6 Å². The van der Waals surface area contributed by atoms with Gasteiger partial charge in [0.1, 0.15) is 18.0 Å². The Morgan fingerprint density at radius 1 is 1.04 bits per heavy atom. The van der Waals surface area contributed by atoms with Gasteiger partial charge in [0.15, 0.2) is 0 Å². The van der Waals surface area contributed by atoms with E-state index in [1.807, 2.05) is 0 Å². The van der Waals surface area contributed by atoms with Crippen molar-refractivity contribution in [3.63, 3.8) is 0 Å². The molecule has 0 aliphatic heterocycles. The highest BCUT2D eigenvalue weighted by molar-refractivity contribution is 6.02. The summed E-state index contributed by atoms with van der Waals surface area (Å²) in [5, 5.41) is 21.3. The van der Waals surface area contributed by atoms with Gasteiger partial charge in [-0.05, 0) is 38.5 Å². The lowest BCUT2D eigenvalue weighted by Crippen LogP contribution is -2.50. The minimum Gasteiger partial charge on any atom is -0.492 e. The molecule has 0 aliphatic rings. The largest absolute Gasteiger partial charge is 0.492 e. The van der Waals surface area contributed by atoms with Gasteiger partial charge in [-0.2, -0.15) is 0 Å². The summed E-state index contributed by atoms with van der Waals surface area (Å²) in [5.41, 5.74) is -2.39. The van der Waals surface area contributed by atoms with E-state index in [1.165, 1.54) is 0 Å². The molecule has 1 rings (SSSR count). The highest BCUT2D eigenvalue weighted by Gasteiger charge is 2.47. The number of aliphatic carboxylic acids is 2. The molecule has 0 saturated heterocycles. The van der Waals surface area contributed by atoms with E-state index < -0.39 is 23.1 Å². The summed E-state index contributed by atoms with van der Waals surface area (Å²) in [7, 11) is 1.05. The van der Waals surface area contributed by atoms with Crippen molar-refractivity contribution >= 4 is 17.9 Å². The standard InChI is InChI=1S/C19H27NO8/c1-18(2,3)28-15(21)12-20-9-10-27-14-7-5-13(6-8-14)11-19(26-4,16(22)23)17(24)25/h5-8,20H,9-12H2,1-4H3,(H,22,23)(H,24,25). The summed E-state index contributed by atoms with van der Waals surface area (Å²) in [5.74, 6) is -2.97. The Bertz CT molecular complexity index is 664. The van der Waals surface area contributed by atoms with Gasteiger partial charge in [0.05, 0.1) is 6.54 Å². The maximum atomic E-state index is 11.5. The number of hydrogen-bond donors (Lipinski definition) is 3. The fraction of sp³-hybridized carbons (Fsp3) is 0.526. The molecule has 156 valence electrons. The predicted octanol–water partition coefficient (Wildman–Crippen LogP) is 1.09. The summed E-state index contributed by atoms with van der Waals surface area (Å²) >= 11 is 0. The molecule has 9 heteroatoms. The van der Waals surface area contributed by atoms with E-state index >= 15 is 0 Å². The van der Waals surface area contributed by atoms with Gasteiger partial charge in [0.25, 0.3) is 5.60 Å². The van der Waals surface area contributed by atoms with E-state index in [1.54, 1.807) is 45.0 Å². The summed E-state index contributed by atoms with van der Waals surface area (Å²) in [4.78, 5) is 34.2. The Hall–Kier alpha value is -2.65. The number of carboxylic acids is 2. The van der Waals surface area contributed by atoms with Gasteiger partial charge in [0.2, 0.25) is 0 Å². The smallest absolute Gasteiger partial charge is 0.348 e. The SMILES string of the molecule is COC(Cc1ccc(OCCNCC(=O)OC(C)(C)C)cc1)(C(=O)O)C(=O)O. The van der Waals surface area contributed by atoms with E-state index in [0.29, 0.717) is 24.5 Å². The highest BCUT2D eigenvalue weighted by atomic mass is 16.6. The van der Waals surface area contributed by atoms with Crippen molar-refractivity contribution in [2.24, 2.45) is 0 Å². The second-order valence-electron chi connectivity index (χ2n) is 7.07. The number of benzene rings is 1. The van der Waals surface area contributed by atoms with Crippen LogP contribution in [0.4, 0.5) is 0 Å². The lowest BCUT2D eigenvalue weighted by molar-refractivity contribution is -0.179. The first-order chi connectivity index (χ1) is 13.0. The number of carboxylic acid groups (broad SMARTS) is 2. The first-order valence-corrected chi connectivity index (χ1v) is 8.66. The van der Waals surface area contributed by atoms with Crippen LogP contribution in [0.1, 0.15) is 26.3 Å². The number of rotatable bonds is 11. The number of hydrogen-bond acceptors (Lipinski definition) is 7. The zero-order valence-corrected chi connectivity index (χ0v) is 16.5. The number of carbonyl (C=O) groups is 3. The van der Waals surface area contributed by atoms with Crippen molar-refractivity contribution in [2.45, 2.75) is 38.4 Å². The number of nitrogens with one attached hydrogen (secondary N) is 1. The van der Waals surface area contributed by atoms with E-state index in [-0.39, 0.29) is 18.9 Å². The Kier molecular flexibility index (Phi) is 8.39. The van der Waals surface area contributed by atoms with Crippen molar-refractivity contribution in [1.29, 1.82) is 0 Å². The van der Waals surface area contributed by atoms with E-state index in [4.69, 9.17) is 14.2 Å². The second kappa shape index (κ2) is 10.0. The molecular formula is C19H27NO8. The van der Waals surface area contributed by atoms with Gasteiger partial charge in [-0.25, -0.2) is 9.59 Å². The van der Waals surface area contributed by atoms with Crippen LogP contribution >= 0.6 is 0 Å². The third-order valence-electron chi connectivity index (χ3n) is 3.65. The fourth-order valence-corrected chi connectivity index (χ4v) is 2.29. The molecule has 0 amide bonds. The minimum absolute atomic E-state index is 0.0725. The quantitative estimate of drug-likeness (QED) is 0.285. The fourth-order valence-electron chi connectivity index (χ4n) is 2.29. The van der Waals surface area contributed by atoms with Crippen molar-refractivity contribution in [3.8, 4) is 5.75 Å². The normalized spacial score (nSPS) is 11.7. The molecule has 0 saturated carbocycles. The molecule has 3 N–H and O–H groups in total. The molecule has 1 aromatic carbocycles. The summed E-state index contributed by atoms with van der Waals surface area (Å²) in [6.07, 6.45) is -0.327. The van der Waals surface area contributed by atoms with Gasteiger partial charge < -0.3 is 29.7 Å². The van der Waals surface area contributed by atoms with Crippen molar-refractivity contribution < 1.29 is 38.8 Å². The van der Waals surface area contributed by atoms with Crippen LogP contribution in [0.15, 0.2) is 24.3 Å². The molecular weight excluding hydrogens is 370 g/mol. The zero-order valence-electron chi connectivity index (χ0n) is 16.5. The van der Waals surface area contributed by atoms with Gasteiger partial charge in [-0.15, -0.1) is 0 Å². The van der Waals surface area contributed by atoms with Gasteiger partial charge in [-0.1, -0.05) is 12.1 Å². The number of ether oxygens (including phenoxy) is 3. The van der Waals surface area contributed by atoms with Crippen LogP contribution in [0.5, 0.6) is 5.75 Å². The summed E-state index contributed by atoms with van der Waals surface area (Å²) in [6, 6.07) is 6.35. The van der Waals surface area contributed by atoms with E-state index in [0.717, 1.165) is 7.11 Å². The topological polar surface area (TPSA) is 131 Å². The van der Waals surface area contributed by atoms with Gasteiger partial charge in [-0.3, -0.25) is 4.79 Å². The van der Waals surface area contributed by atoms with Gasteiger partial charge >= 0.3 is 17.9 Å². The molecule has 0 spiro atoms. The Morgan fingerprint density at radius 2 is 1.61 bits per heavy atom. The van der Waals surface area contributed by atoms with Crippen LogP contribution in [0.3, 0.4) is 0 Å². The highest BCUT2D eigenvalue weighted by Crippen LogP contribution is 2.21. The summed E-state index contributed by atoms with van der Waals surface area (Å²) < 4.78 is 15.4. The first kappa shape index (κ1) is 23.4. The molecule has 0 radical (unpaired) electrons. The zero-order chi connectivity index (χ0) is 21.4. The number of esters is 1. The van der Waals surface area contributed by atoms with Crippen LogP contribution in [0, 0.1) is 0 Å². The van der Waals surface area contributed by atoms with Crippen molar-refractivity contribution in [2.75, 3.05) is 26.8 Å². The van der Waals surface area contributed by atoms with E-state index in [2.05, 4.69) is 5.32 Å². The molecule has 0 fully saturated rings. The third-order valence-corrected chi connectivity index (χ3v) is 3.65. The lowest BCUT2D eigenvalue weighted by atomic mass is 9.94. The first-order valence-electron chi connectivity index (χ1n) is 8.66. The van der Waals surface area contributed by atoms with Crippen LogP contribution in [-0.4, -0.2) is 66.1 Å². The minimum atomic E-state index is -2.34.